The molecule has 0 saturated carbocycles. The summed E-state index contributed by atoms with van der Waals surface area (Å²) in [4.78, 5) is 24.3. The van der Waals surface area contributed by atoms with Gasteiger partial charge in [0.1, 0.15) is 9.84 Å². The molecule has 0 aliphatic carbocycles. The van der Waals surface area contributed by atoms with Crippen molar-refractivity contribution in [3.05, 3.63) is 0 Å². The lowest BCUT2D eigenvalue weighted by Gasteiger charge is -2.32. The van der Waals surface area contributed by atoms with E-state index in [1.54, 1.807) is 0 Å². The Morgan fingerprint density at radius 2 is 2.11 bits per heavy atom. The van der Waals surface area contributed by atoms with E-state index in [2.05, 4.69) is 0 Å². The number of hydrogen-bond donors (Lipinski definition) is 2. The number of carboxylic acid groups (broad SMARTS) is 1. The fourth-order valence-corrected chi connectivity index (χ4v) is 2.76. The Labute approximate surface area is 112 Å². The number of likely N-dealkylation sites (tertiary alicyclic amines) is 1. The number of carboxylic acids is 1. The molecule has 1 fully saturated rings. The van der Waals surface area contributed by atoms with Crippen LogP contribution in [-0.2, 0) is 19.4 Å². The van der Waals surface area contributed by atoms with Gasteiger partial charge >= 0.3 is 5.97 Å². The van der Waals surface area contributed by atoms with Gasteiger partial charge in [0.25, 0.3) is 0 Å². The molecule has 0 aromatic carbocycles. The number of carbonyl (C=O) groups is 2. The van der Waals surface area contributed by atoms with E-state index in [1.165, 1.54) is 4.90 Å². The molecule has 0 radical (unpaired) electrons. The van der Waals surface area contributed by atoms with E-state index in [0.29, 0.717) is 19.4 Å². The van der Waals surface area contributed by atoms with Crippen LogP contribution in [0.25, 0.3) is 0 Å². The van der Waals surface area contributed by atoms with E-state index in [4.69, 9.17) is 10.8 Å². The fraction of sp³-hybridized carbons (Fsp3) is 0.818. The van der Waals surface area contributed by atoms with Crippen LogP contribution in [0.2, 0.25) is 0 Å². The highest BCUT2D eigenvalue weighted by atomic mass is 32.2. The van der Waals surface area contributed by atoms with Crippen molar-refractivity contribution in [2.24, 2.45) is 11.7 Å². The lowest BCUT2D eigenvalue weighted by atomic mass is 9.97. The number of piperidine rings is 1. The van der Waals surface area contributed by atoms with E-state index >= 15 is 0 Å². The van der Waals surface area contributed by atoms with Gasteiger partial charge in [-0.3, -0.25) is 9.59 Å². The van der Waals surface area contributed by atoms with Crippen molar-refractivity contribution in [3.8, 4) is 0 Å². The van der Waals surface area contributed by atoms with Crippen LogP contribution in [0.15, 0.2) is 0 Å². The van der Waals surface area contributed by atoms with E-state index in [9.17, 15) is 18.0 Å². The third kappa shape index (κ3) is 5.15. The molecule has 0 bridgehead atoms. The van der Waals surface area contributed by atoms with Crippen LogP contribution in [0.4, 0.5) is 0 Å². The topological polar surface area (TPSA) is 118 Å². The Kier molecular flexibility index (Phi) is 5.30. The second-order valence-electron chi connectivity index (χ2n) is 4.99. The van der Waals surface area contributed by atoms with Gasteiger partial charge in [-0.1, -0.05) is 0 Å². The smallest absolute Gasteiger partial charge is 0.308 e. The molecule has 1 aliphatic rings. The van der Waals surface area contributed by atoms with Crippen LogP contribution in [0, 0.1) is 5.92 Å². The number of aliphatic carboxylic acids is 1. The summed E-state index contributed by atoms with van der Waals surface area (Å²) >= 11 is 0. The first-order valence-electron chi connectivity index (χ1n) is 6.15. The van der Waals surface area contributed by atoms with Crippen molar-refractivity contribution in [1.82, 2.24) is 4.90 Å². The minimum atomic E-state index is -3.15. The van der Waals surface area contributed by atoms with Gasteiger partial charge in [0.2, 0.25) is 5.91 Å². The Bertz CT molecular complexity index is 448. The second kappa shape index (κ2) is 6.33. The number of rotatable bonds is 5. The zero-order valence-corrected chi connectivity index (χ0v) is 11.7. The van der Waals surface area contributed by atoms with Gasteiger partial charge in [-0.2, -0.15) is 0 Å². The molecule has 1 saturated heterocycles. The molecule has 1 heterocycles. The monoisotopic (exact) mass is 292 g/mol. The van der Waals surface area contributed by atoms with Crippen LogP contribution in [0.5, 0.6) is 0 Å². The van der Waals surface area contributed by atoms with Crippen LogP contribution in [-0.4, -0.2) is 61.4 Å². The Hall–Kier alpha value is -1.15. The third-order valence-corrected chi connectivity index (χ3v) is 4.18. The molecular formula is C11H20N2O5S. The van der Waals surface area contributed by atoms with Crippen molar-refractivity contribution >= 4 is 21.7 Å². The summed E-state index contributed by atoms with van der Waals surface area (Å²) < 4.78 is 22.0. The van der Waals surface area contributed by atoms with Crippen molar-refractivity contribution in [2.45, 2.75) is 25.3 Å². The second-order valence-corrected chi connectivity index (χ2v) is 7.25. The molecule has 1 amide bonds. The number of sulfone groups is 1. The Balaban J connectivity index is 2.54. The average Bonchev–Trinajstić information content (AvgIpc) is 2.34. The summed E-state index contributed by atoms with van der Waals surface area (Å²) in [5.74, 6) is -1.98. The fourth-order valence-electron chi connectivity index (χ4n) is 2.08. The third-order valence-electron chi connectivity index (χ3n) is 3.20. The molecule has 2 atom stereocenters. The van der Waals surface area contributed by atoms with Crippen LogP contribution < -0.4 is 5.73 Å². The van der Waals surface area contributed by atoms with Gasteiger partial charge in [0.05, 0.1) is 17.7 Å². The van der Waals surface area contributed by atoms with E-state index < -0.39 is 27.8 Å². The predicted octanol–water partition coefficient (Wildman–Crippen LogP) is -0.928. The van der Waals surface area contributed by atoms with E-state index in [-0.39, 0.29) is 24.6 Å². The molecule has 0 spiro atoms. The van der Waals surface area contributed by atoms with Crippen molar-refractivity contribution in [1.29, 1.82) is 0 Å². The van der Waals surface area contributed by atoms with Crippen LogP contribution >= 0.6 is 0 Å². The summed E-state index contributed by atoms with van der Waals surface area (Å²) in [6, 6.07) is -0.887. The zero-order valence-electron chi connectivity index (χ0n) is 10.9. The molecule has 1 aliphatic heterocycles. The van der Waals surface area contributed by atoms with Crippen molar-refractivity contribution in [3.63, 3.8) is 0 Å². The number of hydrogen-bond acceptors (Lipinski definition) is 5. The molecule has 3 N–H and O–H groups in total. The molecular weight excluding hydrogens is 272 g/mol. The first-order chi connectivity index (χ1) is 8.70. The van der Waals surface area contributed by atoms with Crippen molar-refractivity contribution in [2.75, 3.05) is 25.1 Å². The molecule has 1 rings (SSSR count). The number of nitrogens with two attached hydrogens (primary N) is 1. The molecule has 0 aromatic rings. The Morgan fingerprint density at radius 1 is 1.47 bits per heavy atom. The minimum absolute atomic E-state index is 0.0614. The summed E-state index contributed by atoms with van der Waals surface area (Å²) in [5.41, 5.74) is 5.67. The summed E-state index contributed by atoms with van der Waals surface area (Å²) in [6.07, 6.45) is 2.33. The standard InChI is InChI=1S/C11H20N2O5S/c1-19(17,18)6-4-9(12)10(14)13-5-2-3-8(7-13)11(15)16/h8-9H,2-7,12H2,1H3,(H,15,16)/t8-,9?/m1/s1. The number of amides is 1. The minimum Gasteiger partial charge on any atom is -0.481 e. The molecule has 1 unspecified atom stereocenters. The SMILES string of the molecule is CS(=O)(=O)CCC(N)C(=O)N1CCC[C@@H](C(=O)O)C1. The van der Waals surface area contributed by atoms with E-state index in [1.807, 2.05) is 0 Å². The van der Waals surface area contributed by atoms with Gasteiger partial charge in [-0.25, -0.2) is 8.42 Å². The normalized spacial score (nSPS) is 22.0. The maximum absolute atomic E-state index is 12.0. The zero-order chi connectivity index (χ0) is 14.6. The van der Waals surface area contributed by atoms with E-state index in [0.717, 1.165) is 6.26 Å². The maximum atomic E-state index is 12.0. The summed E-state index contributed by atoms with van der Waals surface area (Å²) in [6.45, 7) is 0.635. The maximum Gasteiger partial charge on any atom is 0.308 e. The van der Waals surface area contributed by atoms with Gasteiger partial charge in [-0.05, 0) is 19.3 Å². The molecule has 110 valence electrons. The summed E-state index contributed by atoms with van der Waals surface area (Å²) in [7, 11) is -3.15. The van der Waals surface area contributed by atoms with Gasteiger partial charge in [0.15, 0.2) is 0 Å². The summed E-state index contributed by atoms with van der Waals surface area (Å²) in [5, 5.41) is 8.94. The molecule has 19 heavy (non-hydrogen) atoms. The predicted molar refractivity (Wildman–Crippen MR) is 69.2 cm³/mol. The Morgan fingerprint density at radius 3 is 2.63 bits per heavy atom. The van der Waals surface area contributed by atoms with Gasteiger partial charge < -0.3 is 15.7 Å². The van der Waals surface area contributed by atoms with Gasteiger partial charge in [0, 0.05) is 19.3 Å². The highest BCUT2D eigenvalue weighted by Crippen LogP contribution is 2.17. The first kappa shape index (κ1) is 15.9. The quantitative estimate of drug-likeness (QED) is 0.676. The first-order valence-corrected chi connectivity index (χ1v) is 8.21. The molecule has 0 aromatic heterocycles. The van der Waals surface area contributed by atoms with Gasteiger partial charge in [-0.15, -0.1) is 0 Å². The largest absolute Gasteiger partial charge is 0.481 e. The average molecular weight is 292 g/mol. The lowest BCUT2D eigenvalue weighted by Crippen LogP contribution is -2.49. The highest BCUT2D eigenvalue weighted by molar-refractivity contribution is 7.90. The molecule has 8 heteroatoms. The van der Waals surface area contributed by atoms with Crippen LogP contribution in [0.1, 0.15) is 19.3 Å². The number of carbonyl (C=O) groups excluding carboxylic acids is 1. The number of nitrogens with zero attached hydrogens (tertiary/aromatic N) is 1. The van der Waals surface area contributed by atoms with Crippen LogP contribution in [0.3, 0.4) is 0 Å². The highest BCUT2D eigenvalue weighted by Gasteiger charge is 2.30. The molecule has 7 nitrogen and oxygen atoms in total. The lowest BCUT2D eigenvalue weighted by molar-refractivity contribution is -0.146. The van der Waals surface area contributed by atoms with Crippen molar-refractivity contribution < 1.29 is 23.1 Å².